The first kappa shape index (κ1) is 17.0. The number of carbonyl (C=O) groups is 1. The third kappa shape index (κ3) is 3.58. The van der Waals surface area contributed by atoms with Crippen LogP contribution in [0.4, 0.5) is 5.13 Å². The highest BCUT2D eigenvalue weighted by Gasteiger charge is 2.23. The Labute approximate surface area is 157 Å². The Morgan fingerprint density at radius 3 is 3.12 bits per heavy atom. The van der Waals surface area contributed by atoms with Gasteiger partial charge in [-0.3, -0.25) is 9.36 Å². The molecule has 3 heterocycles. The van der Waals surface area contributed by atoms with Crippen LogP contribution in [0.25, 0.3) is 0 Å². The summed E-state index contributed by atoms with van der Waals surface area (Å²) in [5.41, 5.74) is 1.78. The molecule has 134 valence electrons. The molecule has 4 rings (SSSR count). The van der Waals surface area contributed by atoms with Gasteiger partial charge in [-0.15, -0.1) is 11.3 Å². The van der Waals surface area contributed by atoms with Crippen LogP contribution in [0.1, 0.15) is 23.4 Å². The third-order valence-corrected chi connectivity index (χ3v) is 5.82. The molecule has 26 heavy (non-hydrogen) atoms. The molecule has 0 saturated heterocycles. The number of thioether (sulfide) groups is 1. The lowest BCUT2D eigenvalue weighted by atomic mass is 10.2. The number of hydrogen-bond donors (Lipinski definition) is 1. The maximum absolute atomic E-state index is 12.5. The Hall–Kier alpha value is -2.39. The molecule has 0 aliphatic heterocycles. The lowest BCUT2D eigenvalue weighted by Crippen LogP contribution is -2.28. The second-order valence-electron chi connectivity index (χ2n) is 5.82. The molecule has 1 N–H and O–H groups in total. The Kier molecular flexibility index (Phi) is 4.89. The Bertz CT molecular complexity index is 965. The molecule has 9 heteroatoms. The van der Waals surface area contributed by atoms with Gasteiger partial charge in [-0.25, -0.2) is 9.78 Å². The molecule has 3 aromatic rings. The number of aromatic nitrogens is 3. The number of anilines is 1. The van der Waals surface area contributed by atoms with Crippen LogP contribution in [-0.2, 0) is 24.2 Å². The number of nitrogens with zero attached hydrogens (tertiary/aromatic N) is 3. The SMILES string of the molecule is O=C(CSc1nc(=O)n(Cc2ccco2)c2c1CCC2)Nc1nccs1. The van der Waals surface area contributed by atoms with Crippen molar-refractivity contribution in [1.29, 1.82) is 0 Å². The summed E-state index contributed by atoms with van der Waals surface area (Å²) in [5, 5.41) is 5.77. The summed E-state index contributed by atoms with van der Waals surface area (Å²) in [6, 6.07) is 3.65. The number of furan rings is 1. The van der Waals surface area contributed by atoms with Gasteiger partial charge in [0, 0.05) is 22.8 Å². The molecule has 0 unspecified atom stereocenters. The number of carbonyl (C=O) groups excluding carboxylic acids is 1. The van der Waals surface area contributed by atoms with Gasteiger partial charge in [-0.1, -0.05) is 11.8 Å². The zero-order chi connectivity index (χ0) is 17.9. The van der Waals surface area contributed by atoms with Gasteiger partial charge < -0.3 is 9.73 Å². The molecule has 0 radical (unpaired) electrons. The summed E-state index contributed by atoms with van der Waals surface area (Å²) >= 11 is 2.67. The van der Waals surface area contributed by atoms with Crippen LogP contribution in [0.3, 0.4) is 0 Å². The smallest absolute Gasteiger partial charge is 0.349 e. The number of amides is 1. The predicted molar refractivity (Wildman–Crippen MR) is 99.8 cm³/mol. The van der Waals surface area contributed by atoms with Crippen LogP contribution in [0.15, 0.2) is 44.2 Å². The van der Waals surface area contributed by atoms with Crippen LogP contribution in [-0.4, -0.2) is 26.2 Å². The Balaban J connectivity index is 1.52. The maximum Gasteiger partial charge on any atom is 0.349 e. The molecule has 0 spiro atoms. The van der Waals surface area contributed by atoms with Crippen molar-refractivity contribution in [2.24, 2.45) is 0 Å². The second kappa shape index (κ2) is 7.46. The van der Waals surface area contributed by atoms with E-state index in [0.717, 1.165) is 36.3 Å². The van der Waals surface area contributed by atoms with E-state index >= 15 is 0 Å². The van der Waals surface area contributed by atoms with Gasteiger partial charge in [0.15, 0.2) is 5.13 Å². The van der Waals surface area contributed by atoms with E-state index < -0.39 is 0 Å². The van der Waals surface area contributed by atoms with Gasteiger partial charge >= 0.3 is 5.69 Å². The predicted octanol–water partition coefficient (Wildman–Crippen LogP) is 2.56. The molecule has 0 bridgehead atoms. The standard InChI is InChI=1S/C17H16N4O3S2/c22-14(19-16-18-6-8-25-16)10-26-15-12-4-1-5-13(12)21(17(23)20-15)9-11-3-2-7-24-11/h2-3,6-8H,1,4-5,9-10H2,(H,18,19,22). The van der Waals surface area contributed by atoms with E-state index in [0.29, 0.717) is 16.7 Å². The van der Waals surface area contributed by atoms with Crippen LogP contribution in [0.5, 0.6) is 0 Å². The molecule has 1 aliphatic carbocycles. The first-order valence-electron chi connectivity index (χ1n) is 8.18. The number of hydrogen-bond acceptors (Lipinski definition) is 7. The minimum Gasteiger partial charge on any atom is -0.467 e. The maximum atomic E-state index is 12.5. The van der Waals surface area contributed by atoms with E-state index in [2.05, 4.69) is 15.3 Å². The fourth-order valence-corrected chi connectivity index (χ4v) is 4.42. The summed E-state index contributed by atoms with van der Waals surface area (Å²) in [7, 11) is 0. The first-order chi connectivity index (χ1) is 12.7. The minimum absolute atomic E-state index is 0.154. The highest BCUT2D eigenvalue weighted by Crippen LogP contribution is 2.29. The molecule has 0 saturated carbocycles. The molecular formula is C17H16N4O3S2. The third-order valence-electron chi connectivity index (χ3n) is 4.11. The first-order valence-corrected chi connectivity index (χ1v) is 10.0. The number of thiazole rings is 1. The van der Waals surface area contributed by atoms with E-state index in [9.17, 15) is 9.59 Å². The highest BCUT2D eigenvalue weighted by molar-refractivity contribution is 8.00. The van der Waals surface area contributed by atoms with E-state index in [1.165, 1.54) is 23.1 Å². The van der Waals surface area contributed by atoms with Crippen molar-refractivity contribution in [3.8, 4) is 0 Å². The van der Waals surface area contributed by atoms with Crippen molar-refractivity contribution in [3.63, 3.8) is 0 Å². The van der Waals surface area contributed by atoms with Crippen molar-refractivity contribution in [3.05, 3.63) is 57.5 Å². The lowest BCUT2D eigenvalue weighted by molar-refractivity contribution is -0.113. The summed E-state index contributed by atoms with van der Waals surface area (Å²) in [5.74, 6) is 0.769. The van der Waals surface area contributed by atoms with Crippen LogP contribution >= 0.6 is 23.1 Å². The van der Waals surface area contributed by atoms with Crippen molar-refractivity contribution in [2.75, 3.05) is 11.1 Å². The quantitative estimate of drug-likeness (QED) is 0.516. The molecule has 0 atom stereocenters. The van der Waals surface area contributed by atoms with Gasteiger partial charge in [0.05, 0.1) is 18.6 Å². The van der Waals surface area contributed by atoms with E-state index in [-0.39, 0.29) is 17.3 Å². The van der Waals surface area contributed by atoms with Gasteiger partial charge in [-0.2, -0.15) is 4.98 Å². The highest BCUT2D eigenvalue weighted by atomic mass is 32.2. The van der Waals surface area contributed by atoms with Crippen LogP contribution < -0.4 is 11.0 Å². The van der Waals surface area contributed by atoms with E-state index in [1.54, 1.807) is 28.5 Å². The summed E-state index contributed by atoms with van der Waals surface area (Å²) in [6.07, 6.45) is 5.93. The monoisotopic (exact) mass is 388 g/mol. The van der Waals surface area contributed by atoms with Crippen LogP contribution in [0, 0.1) is 0 Å². The number of nitrogens with one attached hydrogen (secondary N) is 1. The molecule has 7 nitrogen and oxygen atoms in total. The van der Waals surface area contributed by atoms with E-state index in [4.69, 9.17) is 4.42 Å². The van der Waals surface area contributed by atoms with E-state index in [1.807, 2.05) is 6.07 Å². The summed E-state index contributed by atoms with van der Waals surface area (Å²) < 4.78 is 7.04. The zero-order valence-corrected chi connectivity index (χ0v) is 15.4. The summed E-state index contributed by atoms with van der Waals surface area (Å²) in [6.45, 7) is 0.386. The molecule has 0 fully saturated rings. The van der Waals surface area contributed by atoms with Crippen molar-refractivity contribution < 1.29 is 9.21 Å². The van der Waals surface area contributed by atoms with Gasteiger partial charge in [0.25, 0.3) is 0 Å². The molecule has 1 amide bonds. The lowest BCUT2D eigenvalue weighted by Gasteiger charge is -2.13. The number of fused-ring (bicyclic) bond motifs is 1. The zero-order valence-electron chi connectivity index (χ0n) is 13.8. The molecule has 1 aliphatic rings. The molecule has 0 aromatic carbocycles. The number of rotatable bonds is 6. The molecule has 3 aromatic heterocycles. The molecular weight excluding hydrogens is 372 g/mol. The second-order valence-corrected chi connectivity index (χ2v) is 7.68. The van der Waals surface area contributed by atoms with Gasteiger partial charge in [-0.05, 0) is 31.4 Å². The topological polar surface area (TPSA) is 90.0 Å². The average Bonchev–Trinajstić information content (AvgIpc) is 3.37. The summed E-state index contributed by atoms with van der Waals surface area (Å²) in [4.78, 5) is 32.8. The normalized spacial score (nSPS) is 12.9. The fraction of sp³-hybridized carbons (Fsp3) is 0.294. The minimum atomic E-state index is -0.301. The fourth-order valence-electron chi connectivity index (χ4n) is 3.00. The van der Waals surface area contributed by atoms with Crippen molar-refractivity contribution >= 4 is 34.1 Å². The van der Waals surface area contributed by atoms with Crippen molar-refractivity contribution in [2.45, 2.75) is 30.8 Å². The average molecular weight is 388 g/mol. The van der Waals surface area contributed by atoms with Gasteiger partial charge in [0.1, 0.15) is 10.8 Å². The largest absolute Gasteiger partial charge is 0.467 e. The Morgan fingerprint density at radius 1 is 1.42 bits per heavy atom. The Morgan fingerprint density at radius 2 is 2.35 bits per heavy atom. The van der Waals surface area contributed by atoms with Crippen LogP contribution in [0.2, 0.25) is 0 Å². The van der Waals surface area contributed by atoms with Crippen molar-refractivity contribution in [1.82, 2.24) is 14.5 Å². The van der Waals surface area contributed by atoms with Gasteiger partial charge in [0.2, 0.25) is 5.91 Å².